The van der Waals surface area contributed by atoms with E-state index in [4.69, 9.17) is 0 Å². The highest BCUT2D eigenvalue weighted by Gasteiger charge is 2.18. The second-order valence-corrected chi connectivity index (χ2v) is 5.87. The summed E-state index contributed by atoms with van der Waals surface area (Å²) >= 11 is 0. The highest BCUT2D eigenvalue weighted by molar-refractivity contribution is 5.87. The van der Waals surface area contributed by atoms with Crippen LogP contribution in [-0.4, -0.2) is 24.7 Å². The molecule has 0 saturated carbocycles. The van der Waals surface area contributed by atoms with E-state index in [0.29, 0.717) is 6.54 Å². The number of hydrogen-bond acceptors (Lipinski definition) is 3. The second-order valence-electron chi connectivity index (χ2n) is 5.87. The van der Waals surface area contributed by atoms with Crippen molar-refractivity contribution < 1.29 is 4.79 Å². The molecule has 0 spiro atoms. The lowest BCUT2D eigenvalue weighted by Gasteiger charge is -2.30. The van der Waals surface area contributed by atoms with Crippen molar-refractivity contribution in [3.8, 4) is 0 Å². The number of rotatable bonds is 7. The maximum Gasteiger partial charge on any atom is 0.259 e. The lowest BCUT2D eigenvalue weighted by molar-refractivity contribution is -0.119. The standard InChI is InChI=1S/C18H27N3O/c1-3-8-16(9-4-2)19-20-18(22)14-21-13-7-11-15-10-5-6-12-17(15)21/h5-6,10,12H,3-4,7-9,11,13-14H2,1-2H3,(H,20,22). The quantitative estimate of drug-likeness (QED) is 0.618. The molecule has 0 atom stereocenters. The van der Waals surface area contributed by atoms with Gasteiger partial charge in [0.25, 0.3) is 5.91 Å². The maximum atomic E-state index is 12.2. The van der Waals surface area contributed by atoms with Crippen molar-refractivity contribution in [3.05, 3.63) is 29.8 Å². The van der Waals surface area contributed by atoms with Crippen molar-refractivity contribution in [2.45, 2.75) is 52.4 Å². The predicted molar refractivity (Wildman–Crippen MR) is 92.4 cm³/mol. The lowest BCUT2D eigenvalue weighted by Crippen LogP contribution is -2.38. The van der Waals surface area contributed by atoms with Crippen LogP contribution in [0.5, 0.6) is 0 Å². The van der Waals surface area contributed by atoms with Crippen LogP contribution in [-0.2, 0) is 11.2 Å². The van der Waals surface area contributed by atoms with Crippen LogP contribution in [0.4, 0.5) is 5.69 Å². The minimum Gasteiger partial charge on any atom is -0.362 e. The van der Waals surface area contributed by atoms with Crippen LogP contribution < -0.4 is 10.3 Å². The van der Waals surface area contributed by atoms with Gasteiger partial charge in [-0.2, -0.15) is 5.10 Å². The summed E-state index contributed by atoms with van der Waals surface area (Å²) in [5.41, 5.74) is 6.36. The van der Waals surface area contributed by atoms with Gasteiger partial charge in [-0.25, -0.2) is 5.43 Å². The van der Waals surface area contributed by atoms with Crippen molar-refractivity contribution in [1.82, 2.24) is 5.43 Å². The zero-order valence-corrected chi connectivity index (χ0v) is 13.8. The third-order valence-electron chi connectivity index (χ3n) is 3.96. The minimum atomic E-state index is -0.0265. The number of benzene rings is 1. The predicted octanol–water partition coefficient (Wildman–Crippen LogP) is 3.51. The molecule has 0 radical (unpaired) electrons. The summed E-state index contributed by atoms with van der Waals surface area (Å²) in [6.45, 7) is 5.59. The molecule has 0 bridgehead atoms. The molecule has 0 aromatic heterocycles. The normalized spacial score (nSPS) is 13.5. The first-order valence-corrected chi connectivity index (χ1v) is 8.41. The van der Waals surface area contributed by atoms with Gasteiger partial charge in [0, 0.05) is 17.9 Å². The summed E-state index contributed by atoms with van der Waals surface area (Å²) in [4.78, 5) is 14.3. The average Bonchev–Trinajstić information content (AvgIpc) is 2.53. The fourth-order valence-corrected chi connectivity index (χ4v) is 2.94. The highest BCUT2D eigenvalue weighted by Crippen LogP contribution is 2.26. The molecule has 1 aliphatic rings. The highest BCUT2D eigenvalue weighted by atomic mass is 16.2. The number of carbonyl (C=O) groups is 1. The van der Waals surface area contributed by atoms with E-state index in [1.807, 2.05) is 6.07 Å². The topological polar surface area (TPSA) is 44.7 Å². The Morgan fingerprint density at radius 2 is 1.95 bits per heavy atom. The molecule has 1 heterocycles. The van der Waals surface area contributed by atoms with Crippen molar-refractivity contribution in [2.75, 3.05) is 18.0 Å². The molecule has 22 heavy (non-hydrogen) atoms. The molecule has 0 fully saturated rings. The number of para-hydroxylation sites is 1. The molecular formula is C18H27N3O. The van der Waals surface area contributed by atoms with Crippen molar-refractivity contribution >= 4 is 17.3 Å². The van der Waals surface area contributed by atoms with E-state index in [-0.39, 0.29) is 5.91 Å². The molecule has 4 nitrogen and oxygen atoms in total. The molecule has 1 N–H and O–H groups in total. The van der Waals surface area contributed by atoms with Crippen molar-refractivity contribution in [2.24, 2.45) is 5.10 Å². The van der Waals surface area contributed by atoms with Gasteiger partial charge in [0.05, 0.1) is 6.54 Å². The van der Waals surface area contributed by atoms with Gasteiger partial charge in [0.1, 0.15) is 0 Å². The number of nitrogens with zero attached hydrogens (tertiary/aromatic N) is 2. The monoisotopic (exact) mass is 301 g/mol. The van der Waals surface area contributed by atoms with Crippen LogP contribution in [0.15, 0.2) is 29.4 Å². The average molecular weight is 301 g/mol. The van der Waals surface area contributed by atoms with Crippen LogP contribution >= 0.6 is 0 Å². The van der Waals surface area contributed by atoms with Gasteiger partial charge in [0.2, 0.25) is 0 Å². The summed E-state index contributed by atoms with van der Waals surface area (Å²) in [6, 6.07) is 8.35. The zero-order valence-electron chi connectivity index (χ0n) is 13.8. The number of aryl methyl sites for hydroxylation is 1. The second kappa shape index (κ2) is 8.57. The Morgan fingerprint density at radius 1 is 1.23 bits per heavy atom. The van der Waals surface area contributed by atoms with Gasteiger partial charge in [0.15, 0.2) is 0 Å². The lowest BCUT2D eigenvalue weighted by atomic mass is 10.0. The van der Waals surface area contributed by atoms with E-state index in [1.165, 1.54) is 11.3 Å². The zero-order chi connectivity index (χ0) is 15.8. The van der Waals surface area contributed by atoms with Crippen molar-refractivity contribution in [3.63, 3.8) is 0 Å². The van der Waals surface area contributed by atoms with Crippen LogP contribution in [0.1, 0.15) is 51.5 Å². The maximum absolute atomic E-state index is 12.2. The van der Waals surface area contributed by atoms with Crippen LogP contribution in [0.2, 0.25) is 0 Å². The molecule has 1 aliphatic heterocycles. The number of carbonyl (C=O) groups excluding carboxylic acids is 1. The van der Waals surface area contributed by atoms with Crippen LogP contribution in [0.25, 0.3) is 0 Å². The first-order chi connectivity index (χ1) is 10.7. The number of amides is 1. The largest absolute Gasteiger partial charge is 0.362 e. The Hall–Kier alpha value is -1.84. The first-order valence-electron chi connectivity index (χ1n) is 8.41. The van der Waals surface area contributed by atoms with E-state index in [9.17, 15) is 4.79 Å². The van der Waals surface area contributed by atoms with Crippen LogP contribution in [0, 0.1) is 0 Å². The van der Waals surface area contributed by atoms with Gasteiger partial charge in [-0.3, -0.25) is 4.79 Å². The van der Waals surface area contributed by atoms with Gasteiger partial charge in [-0.1, -0.05) is 44.9 Å². The molecule has 1 aromatic rings. The number of fused-ring (bicyclic) bond motifs is 1. The van der Waals surface area contributed by atoms with E-state index < -0.39 is 0 Å². The first kappa shape index (κ1) is 16.5. The Morgan fingerprint density at radius 3 is 2.68 bits per heavy atom. The van der Waals surface area contributed by atoms with Crippen molar-refractivity contribution in [1.29, 1.82) is 0 Å². The number of nitrogens with one attached hydrogen (secondary N) is 1. The number of hydrazone groups is 1. The molecule has 1 aromatic carbocycles. The molecule has 2 rings (SSSR count). The van der Waals surface area contributed by atoms with E-state index in [2.05, 4.69) is 47.5 Å². The summed E-state index contributed by atoms with van der Waals surface area (Å²) in [7, 11) is 0. The molecule has 1 amide bonds. The van der Waals surface area contributed by atoms with E-state index in [0.717, 1.165) is 50.8 Å². The smallest absolute Gasteiger partial charge is 0.259 e. The van der Waals surface area contributed by atoms with Gasteiger partial charge < -0.3 is 4.90 Å². The van der Waals surface area contributed by atoms with Gasteiger partial charge in [-0.15, -0.1) is 0 Å². The molecule has 0 unspecified atom stereocenters. The Balaban J connectivity index is 1.94. The fourth-order valence-electron chi connectivity index (χ4n) is 2.94. The molecule has 0 saturated heterocycles. The van der Waals surface area contributed by atoms with Crippen LogP contribution in [0.3, 0.4) is 0 Å². The van der Waals surface area contributed by atoms with Gasteiger partial charge >= 0.3 is 0 Å². The summed E-state index contributed by atoms with van der Waals surface area (Å²) in [5, 5.41) is 4.32. The molecular weight excluding hydrogens is 274 g/mol. The number of anilines is 1. The fraction of sp³-hybridized carbons (Fsp3) is 0.556. The Labute approximate surface area is 133 Å². The summed E-state index contributed by atoms with van der Waals surface area (Å²) in [5.74, 6) is -0.0265. The Bertz CT molecular complexity index is 517. The van der Waals surface area contributed by atoms with E-state index in [1.54, 1.807) is 0 Å². The molecule has 4 heteroatoms. The molecule has 120 valence electrons. The Kier molecular flexibility index (Phi) is 6.44. The van der Waals surface area contributed by atoms with E-state index >= 15 is 0 Å². The third kappa shape index (κ3) is 4.58. The van der Waals surface area contributed by atoms with Gasteiger partial charge in [-0.05, 0) is 37.3 Å². The molecule has 0 aliphatic carbocycles. The summed E-state index contributed by atoms with van der Waals surface area (Å²) in [6.07, 6.45) is 6.25. The SMILES string of the molecule is CCCC(CCC)=NNC(=O)CN1CCCc2ccccc21. The third-order valence-corrected chi connectivity index (χ3v) is 3.96. The summed E-state index contributed by atoms with van der Waals surface area (Å²) < 4.78 is 0. The minimum absolute atomic E-state index is 0.0265. The number of hydrogen-bond donors (Lipinski definition) is 1.